The van der Waals surface area contributed by atoms with Gasteiger partial charge in [-0.1, -0.05) is 101 Å². The van der Waals surface area contributed by atoms with Crippen molar-refractivity contribution in [3.63, 3.8) is 0 Å². The van der Waals surface area contributed by atoms with Crippen LogP contribution < -0.4 is 10.2 Å². The van der Waals surface area contributed by atoms with Gasteiger partial charge in [-0.3, -0.25) is 0 Å². The Morgan fingerprint density at radius 1 is 1.20 bits per heavy atom. The normalized spacial score (nSPS) is 21.1. The monoisotopic (exact) mass is 561 g/mol. The quantitative estimate of drug-likeness (QED) is 0.359. The van der Waals surface area contributed by atoms with Crippen molar-refractivity contribution in [2.45, 2.75) is 66.4 Å². The van der Waals surface area contributed by atoms with E-state index in [1.54, 1.807) is 48.6 Å². The second-order valence-corrected chi connectivity index (χ2v) is 10.0. The van der Waals surface area contributed by atoms with Gasteiger partial charge < -0.3 is 9.84 Å². The number of carbonyl (C=O) groups is 1. The van der Waals surface area contributed by atoms with Crippen LogP contribution in [0.15, 0.2) is 89.8 Å². The van der Waals surface area contributed by atoms with E-state index in [4.69, 9.17) is 4.74 Å². The minimum absolute atomic E-state index is 0.101. The van der Waals surface area contributed by atoms with Crippen molar-refractivity contribution >= 4 is 24.3 Å². The van der Waals surface area contributed by atoms with E-state index in [9.17, 15) is 23.1 Å². The molecule has 1 heterocycles. The molecule has 3 nitrogen and oxygen atoms in total. The lowest BCUT2D eigenvalue weighted by atomic mass is 9.56. The first-order chi connectivity index (χ1) is 19.5. The van der Waals surface area contributed by atoms with E-state index in [2.05, 4.69) is 0 Å². The van der Waals surface area contributed by atoms with Crippen molar-refractivity contribution in [1.29, 1.82) is 0 Å². The first kappa shape index (κ1) is 31.8. The summed E-state index contributed by atoms with van der Waals surface area (Å²) in [5, 5.41) is 9.64. The number of allylic oxidation sites excluding steroid dienone is 8. The SMILES string of the molecule is CC.CC/C=C1C(C(F)(F)F)=C(C2=C\CC(C)/C=C/C=C\2)Oc2c/1cc(C)cc2C(C)[B]c1ccccc1C(=O)O. The first-order valence-electron chi connectivity index (χ1n) is 14.1. The summed E-state index contributed by atoms with van der Waals surface area (Å²) in [5.74, 6) is -1.07. The number of hydrogen-bond acceptors (Lipinski definition) is 2. The zero-order chi connectivity index (χ0) is 30.3. The Morgan fingerprint density at radius 3 is 2.56 bits per heavy atom. The van der Waals surface area contributed by atoms with Gasteiger partial charge in [0.05, 0.1) is 5.56 Å². The molecular weight excluding hydrogens is 524 g/mol. The van der Waals surface area contributed by atoms with E-state index < -0.39 is 17.7 Å². The molecule has 0 bridgehead atoms. The lowest BCUT2D eigenvalue weighted by Gasteiger charge is -2.31. The van der Waals surface area contributed by atoms with Gasteiger partial charge in [-0.25, -0.2) is 4.79 Å². The van der Waals surface area contributed by atoms with Gasteiger partial charge in [-0.15, -0.1) is 0 Å². The zero-order valence-electron chi connectivity index (χ0n) is 24.5. The largest absolute Gasteiger partial charge is 0.478 e. The van der Waals surface area contributed by atoms with Crippen molar-refractivity contribution in [3.05, 3.63) is 112 Å². The van der Waals surface area contributed by atoms with Gasteiger partial charge in [-0.2, -0.15) is 13.2 Å². The molecule has 1 radical (unpaired) electrons. The van der Waals surface area contributed by atoms with Crippen molar-refractivity contribution in [3.8, 4) is 5.75 Å². The molecule has 4 rings (SSSR count). The highest BCUT2D eigenvalue weighted by atomic mass is 19.4. The molecule has 2 aliphatic rings. The molecule has 0 saturated carbocycles. The van der Waals surface area contributed by atoms with Crippen LogP contribution >= 0.6 is 0 Å². The molecule has 2 atom stereocenters. The third-order valence-corrected chi connectivity index (χ3v) is 6.85. The number of halogens is 3. The summed E-state index contributed by atoms with van der Waals surface area (Å²) in [7, 11) is 1.81. The van der Waals surface area contributed by atoms with Crippen LogP contribution in [0.3, 0.4) is 0 Å². The molecule has 1 aliphatic carbocycles. The number of carboxylic acids is 1. The summed E-state index contributed by atoms with van der Waals surface area (Å²) < 4.78 is 50.5. The van der Waals surface area contributed by atoms with Gasteiger partial charge in [0.1, 0.15) is 17.1 Å². The van der Waals surface area contributed by atoms with Crippen LogP contribution in [0.1, 0.15) is 80.3 Å². The van der Waals surface area contributed by atoms with E-state index in [0.29, 0.717) is 40.8 Å². The second kappa shape index (κ2) is 13.8. The molecule has 215 valence electrons. The predicted molar refractivity (Wildman–Crippen MR) is 162 cm³/mol. The van der Waals surface area contributed by atoms with E-state index >= 15 is 0 Å². The van der Waals surface area contributed by atoms with Crippen LogP contribution in [-0.2, 0) is 0 Å². The average molecular weight is 561 g/mol. The molecule has 0 spiro atoms. The fourth-order valence-corrected chi connectivity index (χ4v) is 5.00. The Balaban J connectivity index is 0.00000226. The van der Waals surface area contributed by atoms with Crippen molar-refractivity contribution in [1.82, 2.24) is 0 Å². The maximum atomic E-state index is 14.7. The molecule has 2 aromatic rings. The Morgan fingerprint density at radius 2 is 1.90 bits per heavy atom. The van der Waals surface area contributed by atoms with E-state index in [0.717, 1.165) is 5.56 Å². The Labute approximate surface area is 242 Å². The zero-order valence-corrected chi connectivity index (χ0v) is 24.5. The van der Waals surface area contributed by atoms with Crippen LogP contribution in [0, 0.1) is 12.8 Å². The number of carboxylic acid groups (broad SMARTS) is 1. The van der Waals surface area contributed by atoms with E-state index in [1.165, 1.54) is 6.07 Å². The van der Waals surface area contributed by atoms with Crippen LogP contribution in [0.25, 0.3) is 5.57 Å². The average Bonchev–Trinajstić information content (AvgIpc) is 2.91. The van der Waals surface area contributed by atoms with Gasteiger partial charge in [0.25, 0.3) is 0 Å². The summed E-state index contributed by atoms with van der Waals surface area (Å²) in [6.07, 6.45) is 6.99. The summed E-state index contributed by atoms with van der Waals surface area (Å²) in [6.45, 7) is 11.6. The molecule has 0 aromatic heterocycles. The number of alkyl halides is 3. The fourth-order valence-electron chi connectivity index (χ4n) is 5.00. The van der Waals surface area contributed by atoms with Gasteiger partial charge in [0.15, 0.2) is 7.28 Å². The molecule has 0 amide bonds. The lowest BCUT2D eigenvalue weighted by molar-refractivity contribution is -0.0895. The standard InChI is InChI=1S/C32H31BF3O3.C2H6/c1-5-10-23-26-18-20(3)17-25(21(4)33-27-14-9-8-13-24(27)31(37)38)30(26)39-29(28(23)32(34,35)36)22-12-7-6-11-19(2)15-16-22;1-2/h6-14,16-19,21H,5,15H2,1-4H3,(H,37,38);1-2H3/b11-6+,12-7-,22-16-,23-10+;. The number of fused-ring (bicyclic) bond motifs is 1. The Hall–Kier alpha value is -3.74. The minimum atomic E-state index is -4.64. The first-order valence-corrected chi connectivity index (χ1v) is 14.1. The number of rotatable bonds is 6. The van der Waals surface area contributed by atoms with Crippen LogP contribution in [0.4, 0.5) is 13.2 Å². The van der Waals surface area contributed by atoms with Crippen molar-refractivity contribution in [2.75, 3.05) is 0 Å². The number of aryl methyl sites for hydroxylation is 1. The van der Waals surface area contributed by atoms with Gasteiger partial charge in [0.2, 0.25) is 0 Å². The summed E-state index contributed by atoms with van der Waals surface area (Å²) in [5.41, 5.74) is 2.25. The third-order valence-electron chi connectivity index (χ3n) is 6.85. The van der Waals surface area contributed by atoms with Gasteiger partial charge in [0, 0.05) is 11.1 Å². The number of benzene rings is 2. The molecule has 0 saturated heterocycles. The smallest absolute Gasteiger partial charge is 0.420 e. The molecule has 1 N–H and O–H groups in total. The molecule has 0 fully saturated rings. The Kier molecular flexibility index (Phi) is 10.7. The van der Waals surface area contributed by atoms with Crippen LogP contribution in [0.2, 0.25) is 0 Å². The van der Waals surface area contributed by atoms with Gasteiger partial charge in [-0.05, 0) is 60.3 Å². The molecule has 2 aromatic carbocycles. The predicted octanol–water partition coefficient (Wildman–Crippen LogP) is 8.89. The second-order valence-electron chi connectivity index (χ2n) is 10.0. The molecule has 7 heteroatoms. The van der Waals surface area contributed by atoms with Crippen LogP contribution in [-0.4, -0.2) is 24.5 Å². The molecule has 41 heavy (non-hydrogen) atoms. The summed E-state index contributed by atoms with van der Waals surface area (Å²) in [4.78, 5) is 11.8. The number of hydrogen-bond donors (Lipinski definition) is 1. The summed E-state index contributed by atoms with van der Waals surface area (Å²) in [6, 6.07) is 10.3. The molecular formula is C34H37BF3O3. The third kappa shape index (κ3) is 7.32. The maximum absolute atomic E-state index is 14.7. The summed E-state index contributed by atoms with van der Waals surface area (Å²) >= 11 is 0. The number of aromatic carboxylic acids is 1. The van der Waals surface area contributed by atoms with E-state index in [-0.39, 0.29) is 28.6 Å². The molecule has 1 aliphatic heterocycles. The van der Waals surface area contributed by atoms with Crippen molar-refractivity contribution in [2.24, 2.45) is 5.92 Å². The molecule has 2 unspecified atom stereocenters. The maximum Gasteiger partial charge on any atom is 0.420 e. The highest BCUT2D eigenvalue weighted by Crippen LogP contribution is 2.50. The highest BCUT2D eigenvalue weighted by Gasteiger charge is 2.44. The van der Waals surface area contributed by atoms with Crippen LogP contribution in [0.5, 0.6) is 5.75 Å². The number of ether oxygens (including phenoxy) is 1. The van der Waals surface area contributed by atoms with Gasteiger partial charge >= 0.3 is 12.1 Å². The lowest BCUT2D eigenvalue weighted by Crippen LogP contribution is -2.28. The Bertz CT molecular complexity index is 1430. The fraction of sp³-hybridized carbons (Fsp3) is 0.324. The highest BCUT2D eigenvalue weighted by molar-refractivity contribution is 6.56. The van der Waals surface area contributed by atoms with Crippen molar-refractivity contribution < 1.29 is 27.8 Å². The minimum Gasteiger partial charge on any atom is -0.478 e. The van der Waals surface area contributed by atoms with E-state index in [1.807, 2.05) is 67.0 Å². The topological polar surface area (TPSA) is 46.5 Å².